The molecule has 204 valence electrons. The highest BCUT2D eigenvalue weighted by Crippen LogP contribution is 2.35. The largest absolute Gasteiger partial charge is 0.481 e. The van der Waals surface area contributed by atoms with Gasteiger partial charge in [-0.3, -0.25) is 9.59 Å². The number of carbonyl (C=O) groups is 2. The molecule has 0 aliphatic heterocycles. The fraction of sp³-hybridized carbons (Fsp3) is 0.267. The lowest BCUT2D eigenvalue weighted by Crippen LogP contribution is -2.26. The molecule has 0 radical (unpaired) electrons. The molecule has 0 saturated heterocycles. The summed E-state index contributed by atoms with van der Waals surface area (Å²) >= 11 is 0. The Kier molecular flexibility index (Phi) is 7.81. The third kappa shape index (κ3) is 6.85. The van der Waals surface area contributed by atoms with Crippen LogP contribution in [-0.4, -0.2) is 33.8 Å². The number of hydrogen-bond acceptors (Lipinski definition) is 2. The van der Waals surface area contributed by atoms with Gasteiger partial charge in [-0.2, -0.15) is 13.2 Å². The molecule has 1 atom stereocenters. The van der Waals surface area contributed by atoms with E-state index in [1.807, 2.05) is 35.0 Å². The van der Waals surface area contributed by atoms with E-state index in [-0.39, 0.29) is 19.4 Å². The van der Waals surface area contributed by atoms with Crippen LogP contribution in [-0.2, 0) is 11.0 Å². The van der Waals surface area contributed by atoms with Crippen molar-refractivity contribution < 1.29 is 32.3 Å². The van der Waals surface area contributed by atoms with Gasteiger partial charge in [0.05, 0.1) is 18.0 Å². The van der Waals surface area contributed by atoms with Gasteiger partial charge in [0.2, 0.25) is 0 Å². The number of rotatable bonds is 9. The molecule has 4 aromatic rings. The van der Waals surface area contributed by atoms with E-state index in [4.69, 9.17) is 5.11 Å². The van der Waals surface area contributed by atoms with Crippen LogP contribution in [0.5, 0.6) is 0 Å². The van der Waals surface area contributed by atoms with Crippen LogP contribution < -0.4 is 5.32 Å². The van der Waals surface area contributed by atoms with Crippen LogP contribution in [0.15, 0.2) is 79.0 Å². The van der Waals surface area contributed by atoms with Gasteiger partial charge in [0, 0.05) is 35.6 Å². The molecular formula is C30H28F4N2O3. The molecule has 5 nitrogen and oxygen atoms in total. The number of halogens is 4. The second kappa shape index (κ2) is 10.9. The van der Waals surface area contributed by atoms with E-state index < -0.39 is 35.3 Å². The first-order valence-electron chi connectivity index (χ1n) is 12.4. The van der Waals surface area contributed by atoms with Gasteiger partial charge in [0.1, 0.15) is 5.67 Å². The monoisotopic (exact) mass is 540 g/mol. The van der Waals surface area contributed by atoms with Crippen LogP contribution in [0, 0.1) is 0 Å². The predicted octanol–water partition coefficient (Wildman–Crippen LogP) is 7.26. The second-order valence-corrected chi connectivity index (χ2v) is 10.0. The Morgan fingerprint density at radius 2 is 1.54 bits per heavy atom. The minimum Gasteiger partial charge on any atom is -0.481 e. The van der Waals surface area contributed by atoms with Crippen molar-refractivity contribution in [1.82, 2.24) is 9.88 Å². The molecule has 1 aromatic heterocycles. The molecule has 0 aliphatic carbocycles. The zero-order valence-electron chi connectivity index (χ0n) is 21.4. The lowest BCUT2D eigenvalue weighted by atomic mass is 9.94. The fourth-order valence-electron chi connectivity index (χ4n) is 4.55. The first-order valence-corrected chi connectivity index (χ1v) is 12.4. The van der Waals surface area contributed by atoms with Gasteiger partial charge in [-0.25, -0.2) is 4.39 Å². The number of nitrogens with one attached hydrogen (secondary N) is 1. The van der Waals surface area contributed by atoms with Crippen molar-refractivity contribution in [3.05, 3.63) is 95.7 Å². The van der Waals surface area contributed by atoms with Gasteiger partial charge in [0.25, 0.3) is 5.91 Å². The summed E-state index contributed by atoms with van der Waals surface area (Å²) in [5, 5.41) is 12.1. The molecule has 0 saturated carbocycles. The molecule has 0 fully saturated rings. The Labute approximate surface area is 223 Å². The maximum Gasteiger partial charge on any atom is 0.416 e. The van der Waals surface area contributed by atoms with E-state index in [0.717, 1.165) is 34.2 Å². The molecule has 3 aromatic carbocycles. The topological polar surface area (TPSA) is 71.3 Å². The molecule has 9 heteroatoms. The number of hydrogen-bond donors (Lipinski definition) is 2. The van der Waals surface area contributed by atoms with Crippen LogP contribution in [0.1, 0.15) is 54.2 Å². The van der Waals surface area contributed by atoms with E-state index in [1.165, 1.54) is 26.0 Å². The number of carboxylic acid groups (broad SMARTS) is 1. The third-order valence-corrected chi connectivity index (χ3v) is 6.46. The highest BCUT2D eigenvalue weighted by molar-refractivity contribution is 5.94. The summed E-state index contributed by atoms with van der Waals surface area (Å²) in [6, 6.07) is 18.8. The number of alkyl halides is 4. The van der Waals surface area contributed by atoms with E-state index >= 15 is 0 Å². The first-order chi connectivity index (χ1) is 18.3. The number of nitrogens with zero attached hydrogens (tertiary/aromatic N) is 1. The molecular weight excluding hydrogens is 512 g/mol. The number of fused-ring (bicyclic) bond motifs is 1. The van der Waals surface area contributed by atoms with Gasteiger partial charge in [-0.05, 0) is 73.0 Å². The highest BCUT2D eigenvalue weighted by atomic mass is 19.4. The number of aromatic nitrogens is 1. The number of amides is 1. The zero-order valence-corrected chi connectivity index (χ0v) is 21.4. The SMILES string of the molecule is CC(C)(F)CC(c1ccc(C(=O)NCCC(=O)O)cc1)n1ccc2cc(-c3ccc(C(F)(F)F)cc3)ccc21. The van der Waals surface area contributed by atoms with Crippen molar-refractivity contribution in [2.45, 2.75) is 44.6 Å². The average molecular weight is 541 g/mol. The second-order valence-electron chi connectivity index (χ2n) is 10.0. The molecule has 1 heterocycles. The lowest BCUT2D eigenvalue weighted by molar-refractivity contribution is -0.138. The Bertz CT molecular complexity index is 1470. The number of carbonyl (C=O) groups excluding carboxylic acids is 1. The smallest absolute Gasteiger partial charge is 0.416 e. The van der Waals surface area contributed by atoms with Gasteiger partial charge in [0.15, 0.2) is 0 Å². The molecule has 2 N–H and O–H groups in total. The van der Waals surface area contributed by atoms with Gasteiger partial charge < -0.3 is 15.0 Å². The highest BCUT2D eigenvalue weighted by Gasteiger charge is 2.30. The molecule has 1 amide bonds. The summed E-state index contributed by atoms with van der Waals surface area (Å²) in [4.78, 5) is 23.0. The quantitative estimate of drug-likeness (QED) is 0.220. The zero-order chi connectivity index (χ0) is 28.4. The van der Waals surface area contributed by atoms with Crippen molar-refractivity contribution >= 4 is 22.8 Å². The van der Waals surface area contributed by atoms with Crippen molar-refractivity contribution in [2.24, 2.45) is 0 Å². The minimum atomic E-state index is -4.40. The van der Waals surface area contributed by atoms with E-state index in [0.29, 0.717) is 11.1 Å². The van der Waals surface area contributed by atoms with Gasteiger partial charge in [-0.15, -0.1) is 0 Å². The molecule has 39 heavy (non-hydrogen) atoms. The summed E-state index contributed by atoms with van der Waals surface area (Å²) in [5.74, 6) is -1.40. The summed E-state index contributed by atoms with van der Waals surface area (Å²) in [6.07, 6.45) is -2.58. The average Bonchev–Trinajstić information content (AvgIpc) is 3.29. The Hall–Kier alpha value is -4.14. The number of carboxylic acids is 1. The van der Waals surface area contributed by atoms with Gasteiger partial charge in [-0.1, -0.05) is 30.3 Å². The summed E-state index contributed by atoms with van der Waals surface area (Å²) in [6.45, 7) is 3.01. The first kappa shape index (κ1) is 27.9. The Morgan fingerprint density at radius 1 is 0.897 bits per heavy atom. The van der Waals surface area contributed by atoms with E-state index in [1.54, 1.807) is 24.3 Å². The standard InChI is InChI=1S/C30H28F4N2O3/c1-29(2,31)18-26(20-3-5-21(6-4-20)28(39)35-15-13-27(37)38)36-16-14-23-17-22(9-12-25(23)36)19-7-10-24(11-8-19)30(32,33)34/h3-12,14,16-17,26H,13,15,18H2,1-2H3,(H,35,39)(H,37,38). The maximum absolute atomic E-state index is 14.9. The van der Waals surface area contributed by atoms with Crippen LogP contribution in [0.2, 0.25) is 0 Å². The van der Waals surface area contributed by atoms with Crippen molar-refractivity contribution in [3.8, 4) is 11.1 Å². The van der Waals surface area contributed by atoms with Crippen LogP contribution in [0.25, 0.3) is 22.0 Å². The molecule has 0 aliphatic rings. The summed E-state index contributed by atoms with van der Waals surface area (Å²) < 4.78 is 55.7. The van der Waals surface area contributed by atoms with Crippen LogP contribution in [0.3, 0.4) is 0 Å². The molecule has 1 unspecified atom stereocenters. The van der Waals surface area contributed by atoms with Gasteiger partial charge >= 0.3 is 12.1 Å². The van der Waals surface area contributed by atoms with E-state index in [2.05, 4.69) is 5.32 Å². The number of benzene rings is 3. The number of aliphatic carboxylic acids is 1. The van der Waals surface area contributed by atoms with Crippen LogP contribution >= 0.6 is 0 Å². The maximum atomic E-state index is 14.9. The Morgan fingerprint density at radius 3 is 2.13 bits per heavy atom. The fourth-order valence-corrected chi connectivity index (χ4v) is 4.55. The Balaban J connectivity index is 1.62. The molecule has 0 bridgehead atoms. The van der Waals surface area contributed by atoms with Crippen molar-refractivity contribution in [2.75, 3.05) is 6.54 Å². The molecule has 4 rings (SSSR count). The van der Waals surface area contributed by atoms with Crippen molar-refractivity contribution in [3.63, 3.8) is 0 Å². The summed E-state index contributed by atoms with van der Waals surface area (Å²) in [7, 11) is 0. The third-order valence-electron chi connectivity index (χ3n) is 6.46. The molecule has 0 spiro atoms. The normalized spacial score (nSPS) is 12.9. The van der Waals surface area contributed by atoms with Crippen molar-refractivity contribution in [1.29, 1.82) is 0 Å². The minimum absolute atomic E-state index is 0.0123. The van der Waals surface area contributed by atoms with Crippen LogP contribution in [0.4, 0.5) is 17.6 Å². The predicted molar refractivity (Wildman–Crippen MR) is 141 cm³/mol. The summed E-state index contributed by atoms with van der Waals surface area (Å²) in [5.41, 5.74) is 1.17. The van der Waals surface area contributed by atoms with E-state index in [9.17, 15) is 27.2 Å². The lowest BCUT2D eigenvalue weighted by Gasteiger charge is -2.26.